The van der Waals surface area contributed by atoms with Gasteiger partial charge in [0.1, 0.15) is 17.0 Å². The summed E-state index contributed by atoms with van der Waals surface area (Å²) in [4.78, 5) is 4.57. The number of benzene rings is 1. The fraction of sp³-hybridized carbons (Fsp3) is 0.214. The quantitative estimate of drug-likeness (QED) is 0.746. The van der Waals surface area contributed by atoms with Gasteiger partial charge in [0, 0.05) is 12.5 Å². The molecule has 3 heterocycles. The molecule has 1 aromatic carbocycles. The Hall–Kier alpha value is -1.64. The summed E-state index contributed by atoms with van der Waals surface area (Å²) >= 11 is 5.02. The van der Waals surface area contributed by atoms with Crippen LogP contribution in [-0.2, 0) is 4.74 Å². The molecule has 0 saturated carbocycles. The number of aromatic nitrogens is 2. The Bertz CT molecular complexity index is 837. The van der Waals surface area contributed by atoms with Gasteiger partial charge in [-0.2, -0.15) is 0 Å². The number of imidazole rings is 1. The van der Waals surface area contributed by atoms with E-state index in [0.717, 1.165) is 32.0 Å². The summed E-state index contributed by atoms with van der Waals surface area (Å²) in [5.74, 6) is 1.49. The molecule has 114 valence electrons. The number of hydrogen-bond acceptors (Lipinski definition) is 6. The summed E-state index contributed by atoms with van der Waals surface area (Å²) in [5.41, 5.74) is 4.60. The molecule has 1 atom stereocenters. The third-order valence-corrected chi connectivity index (χ3v) is 4.98. The molecule has 1 aliphatic rings. The summed E-state index contributed by atoms with van der Waals surface area (Å²) in [6, 6.07) is 5.77. The molecule has 0 amide bonds. The maximum atomic E-state index is 5.93. The van der Waals surface area contributed by atoms with E-state index in [0.29, 0.717) is 5.76 Å². The number of nitrogens with one attached hydrogen (secondary N) is 1. The minimum absolute atomic E-state index is 0.106. The zero-order valence-corrected chi connectivity index (χ0v) is 14.2. The number of rotatable bonds is 3. The van der Waals surface area contributed by atoms with Crippen molar-refractivity contribution in [3.8, 4) is 17.2 Å². The van der Waals surface area contributed by atoms with Gasteiger partial charge in [-0.1, -0.05) is 0 Å². The highest BCUT2D eigenvalue weighted by atomic mass is 79.9. The van der Waals surface area contributed by atoms with E-state index in [-0.39, 0.29) is 5.56 Å². The first kappa shape index (κ1) is 14.0. The SMILES string of the molecule is COc1cc(Br)c2oc(-c3cn4c(n3)SC(OC)N4)cc2c1. The highest BCUT2D eigenvalue weighted by molar-refractivity contribution is 9.10. The van der Waals surface area contributed by atoms with E-state index in [4.69, 9.17) is 13.9 Å². The predicted octanol–water partition coefficient (Wildman–Crippen LogP) is 3.65. The van der Waals surface area contributed by atoms with E-state index in [1.165, 1.54) is 11.8 Å². The van der Waals surface area contributed by atoms with E-state index < -0.39 is 0 Å². The highest BCUT2D eigenvalue weighted by Crippen LogP contribution is 2.37. The van der Waals surface area contributed by atoms with Gasteiger partial charge in [-0.25, -0.2) is 9.66 Å². The molecule has 3 aromatic rings. The molecule has 4 rings (SSSR count). The van der Waals surface area contributed by atoms with Crippen molar-refractivity contribution >= 4 is 38.7 Å². The summed E-state index contributed by atoms with van der Waals surface area (Å²) in [6.45, 7) is 0. The first-order chi connectivity index (χ1) is 10.7. The van der Waals surface area contributed by atoms with Crippen molar-refractivity contribution in [2.45, 2.75) is 10.7 Å². The molecule has 6 nitrogen and oxygen atoms in total. The third-order valence-electron chi connectivity index (χ3n) is 3.38. The molecular weight excluding hydrogens is 370 g/mol. The molecule has 0 saturated heterocycles. The van der Waals surface area contributed by atoms with E-state index in [2.05, 4.69) is 26.3 Å². The molecule has 1 aliphatic heterocycles. The number of fused-ring (bicyclic) bond motifs is 2. The Morgan fingerprint density at radius 1 is 1.36 bits per heavy atom. The average Bonchev–Trinajstić information content (AvgIpc) is 3.18. The minimum Gasteiger partial charge on any atom is -0.497 e. The van der Waals surface area contributed by atoms with Crippen molar-refractivity contribution in [3.05, 3.63) is 28.9 Å². The summed E-state index contributed by atoms with van der Waals surface area (Å²) in [7, 11) is 3.30. The fourth-order valence-corrected chi connectivity index (χ4v) is 3.68. The van der Waals surface area contributed by atoms with Crippen LogP contribution in [0.4, 0.5) is 0 Å². The Morgan fingerprint density at radius 2 is 2.23 bits per heavy atom. The molecule has 0 fully saturated rings. The zero-order valence-electron chi connectivity index (χ0n) is 11.8. The predicted molar refractivity (Wildman–Crippen MR) is 87.7 cm³/mol. The van der Waals surface area contributed by atoms with Crippen LogP contribution in [0.15, 0.2) is 38.4 Å². The van der Waals surface area contributed by atoms with Crippen LogP contribution in [0.5, 0.6) is 5.75 Å². The maximum Gasteiger partial charge on any atom is 0.196 e. The molecular formula is C14H12BrN3O3S. The maximum absolute atomic E-state index is 5.93. The number of methoxy groups -OCH3 is 2. The molecule has 2 aromatic heterocycles. The van der Waals surface area contributed by atoms with Gasteiger partial charge >= 0.3 is 0 Å². The molecule has 1 N–H and O–H groups in total. The second kappa shape index (κ2) is 5.22. The van der Waals surface area contributed by atoms with Crippen LogP contribution in [0.25, 0.3) is 22.4 Å². The second-order valence-electron chi connectivity index (χ2n) is 4.73. The van der Waals surface area contributed by atoms with Crippen LogP contribution in [0, 0.1) is 0 Å². The Morgan fingerprint density at radius 3 is 2.95 bits per heavy atom. The average molecular weight is 382 g/mol. The van der Waals surface area contributed by atoms with Gasteiger partial charge in [-0.3, -0.25) is 5.43 Å². The van der Waals surface area contributed by atoms with Crippen molar-refractivity contribution in [3.63, 3.8) is 0 Å². The van der Waals surface area contributed by atoms with Gasteiger partial charge in [-0.15, -0.1) is 0 Å². The van der Waals surface area contributed by atoms with E-state index in [1.807, 2.05) is 29.1 Å². The van der Waals surface area contributed by atoms with Gasteiger partial charge in [0.25, 0.3) is 0 Å². The smallest absolute Gasteiger partial charge is 0.196 e. The van der Waals surface area contributed by atoms with Crippen LogP contribution < -0.4 is 10.2 Å². The standard InChI is InChI=1S/C14H12BrN3O3S/c1-19-8-3-7-4-11(21-12(7)9(15)5-8)10-6-18-13(16-10)22-14(17-18)20-2/h3-6,14,17H,1-2H3. The Kier molecular flexibility index (Phi) is 3.32. The molecule has 0 aliphatic carbocycles. The Balaban J connectivity index is 1.75. The number of halogens is 1. The fourth-order valence-electron chi connectivity index (χ4n) is 2.32. The van der Waals surface area contributed by atoms with Crippen molar-refractivity contribution < 1.29 is 13.9 Å². The number of hydrogen-bond donors (Lipinski definition) is 1. The first-order valence-electron chi connectivity index (χ1n) is 6.51. The molecule has 0 spiro atoms. The first-order valence-corrected chi connectivity index (χ1v) is 8.18. The number of furan rings is 1. The van der Waals surface area contributed by atoms with Crippen molar-refractivity contribution in [1.29, 1.82) is 0 Å². The molecule has 0 radical (unpaired) electrons. The summed E-state index contributed by atoms with van der Waals surface area (Å²) in [6.07, 6.45) is 1.89. The van der Waals surface area contributed by atoms with Crippen molar-refractivity contribution in [2.24, 2.45) is 0 Å². The van der Waals surface area contributed by atoms with Crippen LogP contribution in [0.1, 0.15) is 0 Å². The number of thioether (sulfide) groups is 1. The largest absolute Gasteiger partial charge is 0.497 e. The lowest BCUT2D eigenvalue weighted by Gasteiger charge is -2.06. The van der Waals surface area contributed by atoms with E-state index >= 15 is 0 Å². The van der Waals surface area contributed by atoms with Gasteiger partial charge in [0.05, 0.1) is 17.8 Å². The molecule has 22 heavy (non-hydrogen) atoms. The summed E-state index contributed by atoms with van der Waals surface area (Å²) < 4.78 is 19.1. The van der Waals surface area contributed by atoms with Crippen LogP contribution >= 0.6 is 27.7 Å². The van der Waals surface area contributed by atoms with Gasteiger partial charge in [-0.05, 0) is 45.9 Å². The normalized spacial score (nSPS) is 16.8. The molecule has 8 heteroatoms. The summed E-state index contributed by atoms with van der Waals surface area (Å²) in [5, 5.41) is 1.81. The number of nitrogens with zero attached hydrogens (tertiary/aromatic N) is 2. The third kappa shape index (κ3) is 2.18. The van der Waals surface area contributed by atoms with Crippen LogP contribution in [0.3, 0.4) is 0 Å². The van der Waals surface area contributed by atoms with Crippen LogP contribution in [-0.4, -0.2) is 29.4 Å². The van der Waals surface area contributed by atoms with E-state index in [1.54, 1.807) is 14.2 Å². The highest BCUT2D eigenvalue weighted by Gasteiger charge is 2.24. The van der Waals surface area contributed by atoms with E-state index in [9.17, 15) is 0 Å². The second-order valence-corrected chi connectivity index (χ2v) is 6.61. The monoisotopic (exact) mass is 381 g/mol. The Labute approximate surface area is 138 Å². The van der Waals surface area contributed by atoms with Gasteiger partial charge in [0.2, 0.25) is 0 Å². The lowest BCUT2D eigenvalue weighted by molar-refractivity contribution is 0.187. The zero-order chi connectivity index (χ0) is 15.3. The molecule has 1 unspecified atom stereocenters. The van der Waals surface area contributed by atoms with Gasteiger partial charge < -0.3 is 13.9 Å². The van der Waals surface area contributed by atoms with Crippen molar-refractivity contribution in [1.82, 2.24) is 9.66 Å². The number of ether oxygens (including phenoxy) is 2. The lowest BCUT2D eigenvalue weighted by atomic mass is 10.2. The minimum atomic E-state index is -0.106. The van der Waals surface area contributed by atoms with Gasteiger partial charge in [0.15, 0.2) is 16.5 Å². The van der Waals surface area contributed by atoms with Crippen molar-refractivity contribution in [2.75, 3.05) is 19.6 Å². The van der Waals surface area contributed by atoms with Crippen LogP contribution in [0.2, 0.25) is 0 Å². The topological polar surface area (TPSA) is 61.5 Å². The molecule has 0 bridgehead atoms. The lowest BCUT2D eigenvalue weighted by Crippen LogP contribution is -2.19.